The van der Waals surface area contributed by atoms with Gasteiger partial charge < -0.3 is 18.9 Å². The molecule has 0 N–H and O–H groups in total. The quantitative estimate of drug-likeness (QED) is 0.365. The zero-order chi connectivity index (χ0) is 21.7. The van der Waals surface area contributed by atoms with Crippen LogP contribution in [0.3, 0.4) is 0 Å². The number of hydrogen-bond donors (Lipinski definition) is 0. The van der Waals surface area contributed by atoms with Gasteiger partial charge in [0.25, 0.3) is 0 Å². The lowest BCUT2D eigenvalue weighted by Crippen LogP contribution is -1.98. The normalized spacial score (nSPS) is 13.4. The van der Waals surface area contributed by atoms with Crippen molar-refractivity contribution in [2.24, 2.45) is 0 Å². The van der Waals surface area contributed by atoms with Crippen molar-refractivity contribution in [3.8, 4) is 56.4 Å². The van der Waals surface area contributed by atoms with Crippen LogP contribution < -0.4 is 18.9 Å². The van der Waals surface area contributed by atoms with Gasteiger partial charge in [-0.1, -0.05) is 60.7 Å². The highest BCUT2D eigenvalue weighted by molar-refractivity contribution is 5.94. The Hall–Kier alpha value is -3.92. The fourth-order valence-corrected chi connectivity index (χ4v) is 4.71. The average Bonchev–Trinajstić information content (AvgIpc) is 3.49. The van der Waals surface area contributed by atoms with Gasteiger partial charge in [0.2, 0.25) is 13.6 Å². The highest BCUT2D eigenvalue weighted by atomic mass is 16.7. The maximum Gasteiger partial charge on any atom is 0.231 e. The van der Waals surface area contributed by atoms with Gasteiger partial charge in [0, 0.05) is 11.1 Å². The molecule has 0 bridgehead atoms. The van der Waals surface area contributed by atoms with Crippen molar-refractivity contribution in [1.82, 2.24) is 0 Å². The summed E-state index contributed by atoms with van der Waals surface area (Å²) in [6, 6.07) is 24.9. The Balaban J connectivity index is 1.68. The Morgan fingerprint density at radius 1 is 0.531 bits per heavy atom. The van der Waals surface area contributed by atoms with Crippen LogP contribution in [0.25, 0.3) is 33.4 Å². The molecule has 0 amide bonds. The minimum absolute atomic E-state index is 0.205. The van der Waals surface area contributed by atoms with Crippen LogP contribution in [0.5, 0.6) is 23.0 Å². The highest BCUT2D eigenvalue weighted by Crippen LogP contribution is 2.55. The smallest absolute Gasteiger partial charge is 0.231 e. The standard InChI is InChI=1S/C28H22O4/c1-17-21(19-9-5-3-6-10-19)13-23-27(31-15-29-23)25(17)26-18(2)22(20-11-7-4-8-12-20)14-24-28(26)32-16-30-24/h3-14H,15-16H2,1-2H3. The molecule has 2 aliphatic heterocycles. The summed E-state index contributed by atoms with van der Waals surface area (Å²) in [6.45, 7) is 4.68. The molecule has 0 aromatic heterocycles. The van der Waals surface area contributed by atoms with Gasteiger partial charge >= 0.3 is 0 Å². The van der Waals surface area contributed by atoms with Gasteiger partial charge in [-0.3, -0.25) is 0 Å². The summed E-state index contributed by atoms with van der Waals surface area (Å²) < 4.78 is 23.7. The Bertz CT molecular complexity index is 1220. The minimum Gasteiger partial charge on any atom is -0.454 e. The predicted molar refractivity (Wildman–Crippen MR) is 124 cm³/mol. The molecule has 32 heavy (non-hydrogen) atoms. The molecule has 0 unspecified atom stereocenters. The molecule has 0 atom stereocenters. The van der Waals surface area contributed by atoms with Crippen LogP contribution >= 0.6 is 0 Å². The van der Waals surface area contributed by atoms with Crippen molar-refractivity contribution in [3.63, 3.8) is 0 Å². The zero-order valence-electron chi connectivity index (χ0n) is 18.0. The summed E-state index contributed by atoms with van der Waals surface area (Å²) in [7, 11) is 0. The molecule has 4 nitrogen and oxygen atoms in total. The first-order chi connectivity index (χ1) is 15.7. The monoisotopic (exact) mass is 422 g/mol. The summed E-state index contributed by atoms with van der Waals surface area (Å²) in [5.74, 6) is 3.02. The number of ether oxygens (including phenoxy) is 4. The van der Waals surface area contributed by atoms with Crippen LogP contribution in [-0.4, -0.2) is 13.6 Å². The molecule has 4 aromatic carbocycles. The van der Waals surface area contributed by atoms with E-state index in [9.17, 15) is 0 Å². The summed E-state index contributed by atoms with van der Waals surface area (Å²) in [6.07, 6.45) is 0. The van der Waals surface area contributed by atoms with E-state index in [0.717, 1.165) is 67.5 Å². The van der Waals surface area contributed by atoms with Gasteiger partial charge in [0.1, 0.15) is 0 Å². The molecule has 0 spiro atoms. The Morgan fingerprint density at radius 3 is 1.34 bits per heavy atom. The lowest BCUT2D eigenvalue weighted by Gasteiger charge is -2.20. The first-order valence-corrected chi connectivity index (χ1v) is 10.7. The molecule has 6 rings (SSSR count). The van der Waals surface area contributed by atoms with E-state index >= 15 is 0 Å². The van der Waals surface area contributed by atoms with Crippen molar-refractivity contribution < 1.29 is 18.9 Å². The first kappa shape index (κ1) is 18.8. The highest BCUT2D eigenvalue weighted by Gasteiger charge is 2.31. The lowest BCUT2D eigenvalue weighted by molar-refractivity contribution is 0.173. The summed E-state index contributed by atoms with van der Waals surface area (Å²) in [5, 5.41) is 0. The molecule has 2 aliphatic rings. The molecule has 0 radical (unpaired) electrons. The second kappa shape index (κ2) is 7.34. The molecule has 4 aromatic rings. The Labute approximate surface area is 187 Å². The molecule has 2 heterocycles. The van der Waals surface area contributed by atoms with Gasteiger partial charge in [0.05, 0.1) is 0 Å². The summed E-state index contributed by atoms with van der Waals surface area (Å²) in [5.41, 5.74) is 8.72. The topological polar surface area (TPSA) is 36.9 Å². The van der Waals surface area contributed by atoms with E-state index in [1.807, 2.05) is 12.1 Å². The van der Waals surface area contributed by atoms with Gasteiger partial charge in [-0.05, 0) is 59.4 Å². The molecule has 158 valence electrons. The van der Waals surface area contributed by atoms with Crippen LogP contribution in [0, 0.1) is 13.8 Å². The summed E-state index contributed by atoms with van der Waals surface area (Å²) in [4.78, 5) is 0. The number of hydrogen-bond acceptors (Lipinski definition) is 4. The van der Waals surface area contributed by atoms with Crippen LogP contribution in [0.15, 0.2) is 72.8 Å². The van der Waals surface area contributed by atoms with E-state index in [-0.39, 0.29) is 13.6 Å². The molecule has 0 saturated heterocycles. The maximum atomic E-state index is 6.00. The average molecular weight is 422 g/mol. The van der Waals surface area contributed by atoms with Crippen molar-refractivity contribution >= 4 is 0 Å². The van der Waals surface area contributed by atoms with Gasteiger partial charge in [-0.15, -0.1) is 0 Å². The minimum atomic E-state index is 0.205. The van der Waals surface area contributed by atoms with Crippen LogP contribution in [0.4, 0.5) is 0 Å². The van der Waals surface area contributed by atoms with E-state index < -0.39 is 0 Å². The third-order valence-electron chi connectivity index (χ3n) is 6.27. The molecular formula is C28H22O4. The van der Waals surface area contributed by atoms with Crippen molar-refractivity contribution in [3.05, 3.63) is 83.9 Å². The van der Waals surface area contributed by atoms with Gasteiger partial charge in [0.15, 0.2) is 23.0 Å². The summed E-state index contributed by atoms with van der Waals surface area (Å²) >= 11 is 0. The van der Waals surface area contributed by atoms with E-state index in [2.05, 4.69) is 74.5 Å². The second-order valence-corrected chi connectivity index (χ2v) is 8.05. The molecule has 0 saturated carbocycles. The third kappa shape index (κ3) is 2.83. The maximum absolute atomic E-state index is 6.00. The molecule has 0 fully saturated rings. The Morgan fingerprint density at radius 2 is 0.938 bits per heavy atom. The lowest BCUT2D eigenvalue weighted by atomic mass is 9.86. The van der Waals surface area contributed by atoms with Crippen LogP contribution in [0.1, 0.15) is 11.1 Å². The number of benzene rings is 4. The Kier molecular flexibility index (Phi) is 4.32. The van der Waals surface area contributed by atoms with Crippen LogP contribution in [0.2, 0.25) is 0 Å². The fourth-order valence-electron chi connectivity index (χ4n) is 4.71. The largest absolute Gasteiger partial charge is 0.454 e. The SMILES string of the molecule is Cc1c(-c2ccccc2)cc2c(c1-c1c(C)c(-c3ccccc3)cc3c1OCO3)OCO2. The third-order valence-corrected chi connectivity index (χ3v) is 6.27. The van der Waals surface area contributed by atoms with Crippen molar-refractivity contribution in [2.75, 3.05) is 13.6 Å². The second-order valence-electron chi connectivity index (χ2n) is 8.05. The zero-order valence-corrected chi connectivity index (χ0v) is 18.0. The predicted octanol–water partition coefficient (Wildman–Crippen LogP) is 6.76. The fraction of sp³-hybridized carbons (Fsp3) is 0.143. The number of rotatable bonds is 3. The number of fused-ring (bicyclic) bond motifs is 2. The van der Waals surface area contributed by atoms with Gasteiger partial charge in [-0.2, -0.15) is 0 Å². The molecule has 0 aliphatic carbocycles. The van der Waals surface area contributed by atoms with E-state index in [4.69, 9.17) is 18.9 Å². The molecule has 4 heteroatoms. The first-order valence-electron chi connectivity index (χ1n) is 10.7. The van der Waals surface area contributed by atoms with Crippen molar-refractivity contribution in [1.29, 1.82) is 0 Å². The van der Waals surface area contributed by atoms with E-state index in [1.54, 1.807) is 0 Å². The van der Waals surface area contributed by atoms with Crippen LogP contribution in [-0.2, 0) is 0 Å². The van der Waals surface area contributed by atoms with E-state index in [0.29, 0.717) is 0 Å². The van der Waals surface area contributed by atoms with E-state index in [1.165, 1.54) is 0 Å². The van der Waals surface area contributed by atoms with Crippen molar-refractivity contribution in [2.45, 2.75) is 13.8 Å². The van der Waals surface area contributed by atoms with Gasteiger partial charge in [-0.25, -0.2) is 0 Å². The molecular weight excluding hydrogens is 400 g/mol.